The van der Waals surface area contributed by atoms with Crippen LogP contribution in [0.15, 0.2) is 16.9 Å². The van der Waals surface area contributed by atoms with Crippen LogP contribution in [-0.2, 0) is 9.59 Å². The largest absolute Gasteiger partial charge is 0.373 e. The Morgan fingerprint density at radius 2 is 1.76 bits per heavy atom. The van der Waals surface area contributed by atoms with Crippen LogP contribution in [-0.4, -0.2) is 42.9 Å². The van der Waals surface area contributed by atoms with Crippen LogP contribution < -0.4 is 5.32 Å². The van der Waals surface area contributed by atoms with Crippen LogP contribution in [0.25, 0.3) is 0 Å². The Morgan fingerprint density at radius 1 is 1.19 bits per heavy atom. The number of carbonyl (C=O) groups excluding carboxylic acids is 2. The van der Waals surface area contributed by atoms with Crippen molar-refractivity contribution >= 4 is 17.9 Å². The van der Waals surface area contributed by atoms with E-state index in [2.05, 4.69) is 10.3 Å². The van der Waals surface area contributed by atoms with Gasteiger partial charge in [0.25, 0.3) is 5.91 Å². The van der Waals surface area contributed by atoms with E-state index in [0.29, 0.717) is 18.7 Å². The minimum Gasteiger partial charge on any atom is -0.373 e. The highest BCUT2D eigenvalue weighted by Crippen LogP contribution is 2.15. The molecule has 1 amide bonds. The van der Waals surface area contributed by atoms with Gasteiger partial charge in [-0.2, -0.15) is 0 Å². The molecule has 0 bridgehead atoms. The first-order valence-corrected chi connectivity index (χ1v) is 7.88. The zero-order chi connectivity index (χ0) is 15.5. The molecular formula is C16H27N3O2. The van der Waals surface area contributed by atoms with Gasteiger partial charge in [-0.15, -0.1) is 0 Å². The number of rotatable bonds is 4. The first kappa shape index (κ1) is 17.4. The fourth-order valence-corrected chi connectivity index (χ4v) is 2.14. The standard InChI is InChI=1S/C10H15N3O2.C6H12/c1-3-8(14)6-12-10(15)9-7-13(2)5-4-11-9;1-2-4-6-5-3-1/h4,7H,3,5-6H2,1-2H3,(H,12,15);1-6H2. The highest BCUT2D eigenvalue weighted by Gasteiger charge is 2.12. The molecule has 0 aromatic carbocycles. The van der Waals surface area contributed by atoms with E-state index in [4.69, 9.17) is 0 Å². The second-order valence-corrected chi connectivity index (χ2v) is 5.46. The molecule has 1 N–H and O–H groups in total. The quantitative estimate of drug-likeness (QED) is 0.865. The molecule has 118 valence electrons. The van der Waals surface area contributed by atoms with Crippen LogP contribution in [0.4, 0.5) is 0 Å². The van der Waals surface area contributed by atoms with Crippen molar-refractivity contribution < 1.29 is 9.59 Å². The molecule has 0 aromatic heterocycles. The topological polar surface area (TPSA) is 61.8 Å². The van der Waals surface area contributed by atoms with Gasteiger partial charge in [0.2, 0.25) is 0 Å². The van der Waals surface area contributed by atoms with Crippen LogP contribution in [0.2, 0.25) is 0 Å². The van der Waals surface area contributed by atoms with Crippen molar-refractivity contribution in [2.45, 2.75) is 51.9 Å². The summed E-state index contributed by atoms with van der Waals surface area (Å²) in [6.07, 6.45) is 12.8. The lowest BCUT2D eigenvalue weighted by Gasteiger charge is -2.16. The number of amides is 1. The van der Waals surface area contributed by atoms with Crippen molar-refractivity contribution in [3.63, 3.8) is 0 Å². The summed E-state index contributed by atoms with van der Waals surface area (Å²) in [6, 6.07) is 0. The SMILES string of the molecule is C1CCCCC1.CCC(=O)CNC(=O)C1=CN(C)CC=N1. The summed E-state index contributed by atoms with van der Waals surface area (Å²) in [7, 11) is 1.86. The number of Topliss-reactive ketones (excluding diaryl/α,β-unsaturated/α-hetero) is 1. The van der Waals surface area contributed by atoms with Crippen LogP contribution in [0, 0.1) is 0 Å². The molecule has 0 spiro atoms. The molecule has 1 fully saturated rings. The van der Waals surface area contributed by atoms with E-state index in [1.165, 1.54) is 38.5 Å². The predicted octanol–water partition coefficient (Wildman–Crippen LogP) is 2.28. The van der Waals surface area contributed by atoms with Crippen molar-refractivity contribution in [2.75, 3.05) is 20.1 Å². The third-order valence-electron chi connectivity index (χ3n) is 3.52. The monoisotopic (exact) mass is 293 g/mol. The summed E-state index contributed by atoms with van der Waals surface area (Å²) in [5.41, 5.74) is 0.340. The Bertz CT molecular complexity index is 387. The van der Waals surface area contributed by atoms with Gasteiger partial charge in [-0.25, -0.2) is 0 Å². The van der Waals surface area contributed by atoms with Gasteiger partial charge in [0.05, 0.1) is 13.1 Å². The zero-order valence-electron chi connectivity index (χ0n) is 13.2. The summed E-state index contributed by atoms with van der Waals surface area (Å²) in [5.74, 6) is -0.295. The van der Waals surface area contributed by atoms with Crippen molar-refractivity contribution in [3.8, 4) is 0 Å². The molecule has 5 heteroatoms. The molecule has 0 radical (unpaired) electrons. The van der Waals surface area contributed by atoms with E-state index in [-0.39, 0.29) is 18.2 Å². The number of ketones is 1. The number of nitrogens with one attached hydrogen (secondary N) is 1. The molecule has 21 heavy (non-hydrogen) atoms. The normalized spacial score (nSPS) is 17.4. The smallest absolute Gasteiger partial charge is 0.271 e. The molecule has 0 saturated heterocycles. The highest BCUT2D eigenvalue weighted by atomic mass is 16.2. The molecule has 0 unspecified atom stereocenters. The molecular weight excluding hydrogens is 266 g/mol. The second kappa shape index (κ2) is 10.1. The molecule has 1 saturated carbocycles. The minimum absolute atomic E-state index is 0.0112. The number of nitrogens with zero attached hydrogens (tertiary/aromatic N) is 2. The van der Waals surface area contributed by atoms with Gasteiger partial charge in [-0.1, -0.05) is 45.4 Å². The molecule has 0 aromatic rings. The molecule has 1 aliphatic carbocycles. The molecule has 2 rings (SSSR count). The van der Waals surface area contributed by atoms with Gasteiger partial charge in [-0.05, 0) is 0 Å². The Balaban J connectivity index is 0.000000304. The third-order valence-corrected chi connectivity index (χ3v) is 3.52. The summed E-state index contributed by atoms with van der Waals surface area (Å²) < 4.78 is 0. The fourth-order valence-electron chi connectivity index (χ4n) is 2.14. The van der Waals surface area contributed by atoms with E-state index in [1.807, 2.05) is 11.9 Å². The van der Waals surface area contributed by atoms with Gasteiger partial charge in [-0.3, -0.25) is 14.6 Å². The van der Waals surface area contributed by atoms with E-state index in [1.54, 1.807) is 19.3 Å². The number of hydrogen-bond acceptors (Lipinski definition) is 4. The number of hydrogen-bond donors (Lipinski definition) is 1. The maximum atomic E-state index is 11.5. The van der Waals surface area contributed by atoms with Crippen LogP contribution in [0.5, 0.6) is 0 Å². The number of aliphatic imine (C=N–C) groups is 1. The maximum Gasteiger partial charge on any atom is 0.271 e. The van der Waals surface area contributed by atoms with Gasteiger partial charge in [0, 0.05) is 25.9 Å². The van der Waals surface area contributed by atoms with Crippen molar-refractivity contribution in [2.24, 2.45) is 4.99 Å². The van der Waals surface area contributed by atoms with Crippen LogP contribution in [0.3, 0.4) is 0 Å². The lowest BCUT2D eigenvalue weighted by molar-refractivity contribution is -0.123. The molecule has 5 nitrogen and oxygen atoms in total. The van der Waals surface area contributed by atoms with Crippen LogP contribution >= 0.6 is 0 Å². The second-order valence-electron chi connectivity index (χ2n) is 5.46. The first-order valence-electron chi connectivity index (χ1n) is 7.88. The van der Waals surface area contributed by atoms with Gasteiger partial charge in [0.15, 0.2) is 5.78 Å². The average Bonchev–Trinajstić information content (AvgIpc) is 2.54. The Hall–Kier alpha value is -1.65. The first-order chi connectivity index (χ1) is 10.1. The van der Waals surface area contributed by atoms with Crippen molar-refractivity contribution in [1.82, 2.24) is 10.2 Å². The lowest BCUT2D eigenvalue weighted by atomic mass is 10.0. The summed E-state index contributed by atoms with van der Waals surface area (Å²) in [5, 5.41) is 2.53. The fraction of sp³-hybridized carbons (Fsp3) is 0.688. The Labute approximate surface area is 127 Å². The Morgan fingerprint density at radius 3 is 2.24 bits per heavy atom. The minimum atomic E-state index is -0.306. The van der Waals surface area contributed by atoms with Crippen molar-refractivity contribution in [3.05, 3.63) is 11.9 Å². The highest BCUT2D eigenvalue weighted by molar-refractivity contribution is 5.97. The Kier molecular flexibility index (Phi) is 8.40. The average molecular weight is 293 g/mol. The molecule has 1 heterocycles. The summed E-state index contributed by atoms with van der Waals surface area (Å²) in [4.78, 5) is 28.3. The third kappa shape index (κ3) is 7.63. The molecule has 2 aliphatic rings. The summed E-state index contributed by atoms with van der Waals surface area (Å²) >= 11 is 0. The van der Waals surface area contributed by atoms with Crippen molar-refractivity contribution in [1.29, 1.82) is 0 Å². The maximum absolute atomic E-state index is 11.5. The van der Waals surface area contributed by atoms with Crippen LogP contribution in [0.1, 0.15) is 51.9 Å². The molecule has 0 atom stereocenters. The predicted molar refractivity (Wildman–Crippen MR) is 85.2 cm³/mol. The van der Waals surface area contributed by atoms with E-state index in [9.17, 15) is 9.59 Å². The zero-order valence-corrected chi connectivity index (χ0v) is 13.2. The van der Waals surface area contributed by atoms with E-state index < -0.39 is 0 Å². The van der Waals surface area contributed by atoms with Gasteiger partial charge in [0.1, 0.15) is 5.70 Å². The van der Waals surface area contributed by atoms with Gasteiger partial charge < -0.3 is 10.2 Å². The number of carbonyl (C=O) groups is 2. The van der Waals surface area contributed by atoms with E-state index >= 15 is 0 Å². The molecule has 1 aliphatic heterocycles. The van der Waals surface area contributed by atoms with E-state index in [0.717, 1.165) is 0 Å². The van der Waals surface area contributed by atoms with Gasteiger partial charge >= 0.3 is 0 Å². The summed E-state index contributed by atoms with van der Waals surface area (Å²) in [6.45, 7) is 2.54. The lowest BCUT2D eigenvalue weighted by Crippen LogP contribution is -2.32.